The van der Waals surface area contributed by atoms with Gasteiger partial charge in [-0.25, -0.2) is 0 Å². The second kappa shape index (κ2) is 4.21. The smallest absolute Gasteiger partial charge is 0.0278 e. The maximum atomic E-state index is 2.33. The Morgan fingerprint density at radius 3 is 2.76 bits per heavy atom. The largest absolute Gasteiger partial charge is 0.0720 e. The van der Waals surface area contributed by atoms with E-state index in [-0.39, 0.29) is 0 Å². The fourth-order valence-electron chi connectivity index (χ4n) is 2.55. The van der Waals surface area contributed by atoms with Crippen LogP contribution >= 0.6 is 0 Å². The molecule has 0 nitrogen and oxygen atoms in total. The summed E-state index contributed by atoms with van der Waals surface area (Å²) in [4.78, 5) is 0. The molecule has 0 aromatic heterocycles. The summed E-state index contributed by atoms with van der Waals surface area (Å²) in [5, 5.41) is 0. The van der Waals surface area contributed by atoms with Crippen molar-refractivity contribution in [1.82, 2.24) is 0 Å². The summed E-state index contributed by atoms with van der Waals surface area (Å²) < 4.78 is 0. The van der Waals surface area contributed by atoms with Crippen LogP contribution in [-0.4, -0.2) is 0 Å². The lowest BCUT2D eigenvalue weighted by atomic mass is 9.92. The van der Waals surface area contributed by atoms with Gasteiger partial charge < -0.3 is 0 Å². The first-order chi connectivity index (χ1) is 8.38. The van der Waals surface area contributed by atoms with Gasteiger partial charge in [-0.3, -0.25) is 0 Å². The summed E-state index contributed by atoms with van der Waals surface area (Å²) >= 11 is 0. The molecular weight excluding hydrogens is 204 g/mol. The molecule has 1 aliphatic rings. The van der Waals surface area contributed by atoms with E-state index in [4.69, 9.17) is 0 Å². The van der Waals surface area contributed by atoms with E-state index in [2.05, 4.69) is 67.6 Å². The molecule has 0 radical (unpaired) electrons. The first-order valence-corrected chi connectivity index (χ1v) is 6.24. The highest BCUT2D eigenvalue weighted by atomic mass is 14.2. The van der Waals surface area contributed by atoms with Crippen LogP contribution in [0.4, 0.5) is 0 Å². The minimum atomic E-state index is 0.442. The van der Waals surface area contributed by atoms with E-state index >= 15 is 0 Å². The van der Waals surface area contributed by atoms with Gasteiger partial charge in [0.2, 0.25) is 0 Å². The topological polar surface area (TPSA) is 0 Å². The normalized spacial score (nSPS) is 17.1. The summed E-state index contributed by atoms with van der Waals surface area (Å²) in [6, 6.07) is 17.6. The molecule has 0 saturated carbocycles. The molecule has 17 heavy (non-hydrogen) atoms. The Bertz CT molecular complexity index is 564. The van der Waals surface area contributed by atoms with Crippen LogP contribution in [0.2, 0.25) is 0 Å². The monoisotopic (exact) mass is 220 g/mol. The second-order valence-electron chi connectivity index (χ2n) is 4.56. The molecule has 3 rings (SSSR count). The molecular formula is C17H16. The van der Waals surface area contributed by atoms with E-state index < -0.39 is 0 Å². The van der Waals surface area contributed by atoms with E-state index in [1.165, 1.54) is 22.3 Å². The summed E-state index contributed by atoms with van der Waals surface area (Å²) in [7, 11) is 0. The zero-order valence-electron chi connectivity index (χ0n) is 10.1. The lowest BCUT2D eigenvalue weighted by molar-refractivity contribution is 1.03. The van der Waals surface area contributed by atoms with Crippen LogP contribution in [0.1, 0.15) is 35.1 Å². The standard InChI is InChI=1S/C17H16/c1-2-13-6-5-8-15(12-13)17-11-10-14-7-3-4-9-16(14)17/h3-12,17H,2H2,1H3. The third-order valence-corrected chi connectivity index (χ3v) is 3.52. The number of aryl methyl sites for hydroxylation is 1. The Labute approximate surface area is 103 Å². The Morgan fingerprint density at radius 1 is 1.00 bits per heavy atom. The van der Waals surface area contributed by atoms with E-state index in [9.17, 15) is 0 Å². The molecule has 0 N–H and O–H groups in total. The molecule has 0 aliphatic heterocycles. The Morgan fingerprint density at radius 2 is 1.88 bits per heavy atom. The third-order valence-electron chi connectivity index (χ3n) is 3.52. The van der Waals surface area contributed by atoms with Crippen molar-refractivity contribution in [2.75, 3.05) is 0 Å². The fourth-order valence-corrected chi connectivity index (χ4v) is 2.55. The van der Waals surface area contributed by atoms with Crippen LogP contribution in [0.3, 0.4) is 0 Å². The maximum Gasteiger partial charge on any atom is 0.0278 e. The van der Waals surface area contributed by atoms with Gasteiger partial charge >= 0.3 is 0 Å². The summed E-state index contributed by atoms with van der Waals surface area (Å²) in [6.07, 6.45) is 5.64. The minimum Gasteiger partial charge on any atom is -0.0720 e. The van der Waals surface area contributed by atoms with Crippen molar-refractivity contribution in [3.05, 3.63) is 76.9 Å². The number of hydrogen-bond donors (Lipinski definition) is 0. The van der Waals surface area contributed by atoms with Gasteiger partial charge in [-0.1, -0.05) is 67.6 Å². The molecule has 0 fully saturated rings. The summed E-state index contributed by atoms with van der Waals surface area (Å²) in [5.74, 6) is 0.442. The second-order valence-corrected chi connectivity index (χ2v) is 4.56. The summed E-state index contributed by atoms with van der Waals surface area (Å²) in [6.45, 7) is 2.21. The van der Waals surface area contributed by atoms with Crippen molar-refractivity contribution in [1.29, 1.82) is 0 Å². The zero-order chi connectivity index (χ0) is 11.7. The molecule has 1 unspecified atom stereocenters. The molecule has 0 saturated heterocycles. The first kappa shape index (κ1) is 10.3. The fraction of sp³-hybridized carbons (Fsp3) is 0.176. The van der Waals surface area contributed by atoms with Gasteiger partial charge in [0.1, 0.15) is 0 Å². The Kier molecular flexibility index (Phi) is 2.56. The number of benzene rings is 2. The molecule has 1 atom stereocenters. The molecule has 0 heteroatoms. The summed E-state index contributed by atoms with van der Waals surface area (Å²) in [5.41, 5.74) is 5.62. The number of rotatable bonds is 2. The minimum absolute atomic E-state index is 0.442. The first-order valence-electron chi connectivity index (χ1n) is 6.24. The van der Waals surface area contributed by atoms with Crippen LogP contribution in [0.5, 0.6) is 0 Å². The molecule has 0 bridgehead atoms. The van der Waals surface area contributed by atoms with Crippen molar-refractivity contribution >= 4 is 6.08 Å². The lowest BCUT2D eigenvalue weighted by Crippen LogP contribution is -1.96. The molecule has 0 spiro atoms. The quantitative estimate of drug-likeness (QED) is 0.703. The van der Waals surface area contributed by atoms with Crippen molar-refractivity contribution < 1.29 is 0 Å². The highest BCUT2D eigenvalue weighted by Gasteiger charge is 2.18. The van der Waals surface area contributed by atoms with Gasteiger partial charge in [0.15, 0.2) is 0 Å². The molecule has 0 amide bonds. The van der Waals surface area contributed by atoms with Crippen molar-refractivity contribution in [3.63, 3.8) is 0 Å². The predicted octanol–water partition coefficient (Wildman–Crippen LogP) is 4.41. The van der Waals surface area contributed by atoms with Crippen LogP contribution in [0, 0.1) is 0 Å². The zero-order valence-corrected chi connectivity index (χ0v) is 10.1. The van der Waals surface area contributed by atoms with Gasteiger partial charge in [-0.15, -0.1) is 0 Å². The lowest BCUT2D eigenvalue weighted by Gasteiger charge is -2.12. The van der Waals surface area contributed by atoms with Gasteiger partial charge in [0, 0.05) is 5.92 Å². The van der Waals surface area contributed by atoms with E-state index in [1.807, 2.05) is 0 Å². The SMILES string of the molecule is CCc1cccc(C2C=Cc3ccccc32)c1. The van der Waals surface area contributed by atoms with Crippen LogP contribution in [0.15, 0.2) is 54.6 Å². The third kappa shape index (κ3) is 1.80. The van der Waals surface area contributed by atoms with Gasteiger partial charge in [-0.05, 0) is 28.7 Å². The molecule has 84 valence electrons. The van der Waals surface area contributed by atoms with Crippen molar-refractivity contribution in [3.8, 4) is 0 Å². The Hall–Kier alpha value is -1.82. The van der Waals surface area contributed by atoms with E-state index in [1.54, 1.807) is 0 Å². The van der Waals surface area contributed by atoms with Crippen LogP contribution in [-0.2, 0) is 6.42 Å². The number of fused-ring (bicyclic) bond motifs is 1. The number of hydrogen-bond acceptors (Lipinski definition) is 0. The van der Waals surface area contributed by atoms with Gasteiger partial charge in [-0.2, -0.15) is 0 Å². The Balaban J connectivity index is 2.04. The van der Waals surface area contributed by atoms with Crippen LogP contribution in [0.25, 0.3) is 6.08 Å². The number of allylic oxidation sites excluding steroid dienone is 1. The maximum absolute atomic E-state index is 2.33. The van der Waals surface area contributed by atoms with Gasteiger partial charge in [0.25, 0.3) is 0 Å². The molecule has 2 aromatic rings. The van der Waals surface area contributed by atoms with E-state index in [0.29, 0.717) is 5.92 Å². The highest BCUT2D eigenvalue weighted by Crippen LogP contribution is 2.35. The van der Waals surface area contributed by atoms with Crippen LogP contribution < -0.4 is 0 Å². The average molecular weight is 220 g/mol. The van der Waals surface area contributed by atoms with Crippen molar-refractivity contribution in [2.24, 2.45) is 0 Å². The van der Waals surface area contributed by atoms with Gasteiger partial charge in [0.05, 0.1) is 0 Å². The molecule has 0 heterocycles. The van der Waals surface area contributed by atoms with Crippen molar-refractivity contribution in [2.45, 2.75) is 19.3 Å². The average Bonchev–Trinajstić information content (AvgIpc) is 2.82. The molecule has 2 aromatic carbocycles. The highest BCUT2D eigenvalue weighted by molar-refractivity contribution is 5.65. The van der Waals surface area contributed by atoms with E-state index in [0.717, 1.165) is 6.42 Å². The predicted molar refractivity (Wildman–Crippen MR) is 73.1 cm³/mol. The molecule has 1 aliphatic carbocycles.